The summed E-state index contributed by atoms with van der Waals surface area (Å²) in [5, 5.41) is 7.12. The van der Waals surface area contributed by atoms with Crippen molar-refractivity contribution < 1.29 is 9.47 Å². The van der Waals surface area contributed by atoms with Gasteiger partial charge in [0.2, 0.25) is 0 Å². The van der Waals surface area contributed by atoms with Crippen LogP contribution in [0.5, 0.6) is 11.5 Å². The van der Waals surface area contributed by atoms with Crippen LogP contribution in [0.15, 0.2) is 12.1 Å². The molecule has 0 bridgehead atoms. The second kappa shape index (κ2) is 4.96. The lowest BCUT2D eigenvalue weighted by molar-refractivity contribution is 0.354. The zero-order valence-corrected chi connectivity index (χ0v) is 11.6. The van der Waals surface area contributed by atoms with Gasteiger partial charge in [0, 0.05) is 18.7 Å². The Hall–Kier alpha value is -1.58. The van der Waals surface area contributed by atoms with Crippen LogP contribution < -0.4 is 20.1 Å². The first-order valence-electron chi connectivity index (χ1n) is 6.46. The summed E-state index contributed by atoms with van der Waals surface area (Å²) < 4.78 is 10.7. The average molecular weight is 250 g/mol. The molecule has 1 aliphatic rings. The minimum Gasteiger partial charge on any atom is -0.493 e. The summed E-state index contributed by atoms with van der Waals surface area (Å²) in [6.07, 6.45) is 2.18. The third-order valence-corrected chi connectivity index (χ3v) is 3.89. The third kappa shape index (κ3) is 2.07. The van der Waals surface area contributed by atoms with Crippen molar-refractivity contribution in [3.8, 4) is 11.5 Å². The number of benzene rings is 1. The minimum absolute atomic E-state index is 0.132. The highest BCUT2D eigenvalue weighted by Crippen LogP contribution is 2.41. The molecule has 4 nitrogen and oxygen atoms in total. The van der Waals surface area contributed by atoms with Gasteiger partial charge in [-0.3, -0.25) is 0 Å². The topological polar surface area (TPSA) is 42.5 Å². The molecule has 1 aromatic rings. The fourth-order valence-electron chi connectivity index (χ4n) is 2.40. The first-order chi connectivity index (χ1) is 8.68. The lowest BCUT2D eigenvalue weighted by Crippen LogP contribution is -2.46. The summed E-state index contributed by atoms with van der Waals surface area (Å²) in [5.41, 5.74) is 2.29. The third-order valence-electron chi connectivity index (χ3n) is 3.89. The molecule has 4 heteroatoms. The quantitative estimate of drug-likeness (QED) is 0.861. The Morgan fingerprint density at radius 3 is 2.11 bits per heavy atom. The highest BCUT2D eigenvalue weighted by molar-refractivity contribution is 5.77. The maximum atomic E-state index is 5.34. The van der Waals surface area contributed by atoms with Crippen molar-refractivity contribution in [3.63, 3.8) is 0 Å². The van der Waals surface area contributed by atoms with E-state index in [4.69, 9.17) is 9.47 Å². The normalized spacial score (nSPS) is 16.2. The molecule has 1 heterocycles. The van der Waals surface area contributed by atoms with E-state index in [1.54, 1.807) is 14.2 Å². The van der Waals surface area contributed by atoms with E-state index in [1.165, 1.54) is 0 Å². The summed E-state index contributed by atoms with van der Waals surface area (Å²) in [4.78, 5) is 0. The van der Waals surface area contributed by atoms with E-state index in [-0.39, 0.29) is 5.54 Å². The SMILES string of the molecule is CCC1(CC)CNc2cc(OC)c(OC)cc2N1. The van der Waals surface area contributed by atoms with Crippen molar-refractivity contribution in [1.82, 2.24) is 0 Å². The molecule has 0 fully saturated rings. The molecule has 2 N–H and O–H groups in total. The number of rotatable bonds is 4. The second-order valence-corrected chi connectivity index (χ2v) is 4.72. The van der Waals surface area contributed by atoms with Gasteiger partial charge in [-0.05, 0) is 12.8 Å². The fourth-order valence-corrected chi connectivity index (χ4v) is 2.40. The Kier molecular flexibility index (Phi) is 3.55. The van der Waals surface area contributed by atoms with Crippen molar-refractivity contribution >= 4 is 11.4 Å². The predicted octanol–water partition coefficient (Wildman–Crippen LogP) is 3.10. The monoisotopic (exact) mass is 250 g/mol. The van der Waals surface area contributed by atoms with Crippen LogP contribution in [-0.4, -0.2) is 26.3 Å². The Morgan fingerprint density at radius 2 is 1.61 bits per heavy atom. The van der Waals surface area contributed by atoms with Crippen LogP contribution in [0.4, 0.5) is 11.4 Å². The molecular formula is C14H22N2O2. The van der Waals surface area contributed by atoms with Crippen LogP contribution in [0.1, 0.15) is 26.7 Å². The van der Waals surface area contributed by atoms with Crippen molar-refractivity contribution in [1.29, 1.82) is 0 Å². The molecule has 0 amide bonds. The van der Waals surface area contributed by atoms with Gasteiger partial charge in [-0.1, -0.05) is 13.8 Å². The average Bonchev–Trinajstić information content (AvgIpc) is 2.45. The largest absolute Gasteiger partial charge is 0.493 e. The number of ether oxygens (including phenoxy) is 2. The summed E-state index contributed by atoms with van der Waals surface area (Å²) in [6.45, 7) is 5.36. The van der Waals surface area contributed by atoms with Gasteiger partial charge in [0.05, 0.1) is 31.1 Å². The molecule has 0 saturated carbocycles. The summed E-state index contributed by atoms with van der Waals surface area (Å²) >= 11 is 0. The molecule has 0 spiro atoms. The van der Waals surface area contributed by atoms with Gasteiger partial charge in [0.15, 0.2) is 11.5 Å². The molecule has 100 valence electrons. The van der Waals surface area contributed by atoms with E-state index < -0.39 is 0 Å². The van der Waals surface area contributed by atoms with Gasteiger partial charge < -0.3 is 20.1 Å². The summed E-state index contributed by atoms with van der Waals surface area (Å²) in [6, 6.07) is 3.98. The Morgan fingerprint density at radius 1 is 1.06 bits per heavy atom. The number of nitrogens with one attached hydrogen (secondary N) is 2. The van der Waals surface area contributed by atoms with Crippen molar-refractivity contribution in [2.24, 2.45) is 0 Å². The van der Waals surface area contributed by atoms with Crippen LogP contribution >= 0.6 is 0 Å². The van der Waals surface area contributed by atoms with Gasteiger partial charge in [-0.2, -0.15) is 0 Å². The van der Waals surface area contributed by atoms with E-state index >= 15 is 0 Å². The number of fused-ring (bicyclic) bond motifs is 1. The number of anilines is 2. The number of methoxy groups -OCH3 is 2. The molecule has 0 aromatic heterocycles. The lowest BCUT2D eigenvalue weighted by Gasteiger charge is -2.39. The standard InChI is InChI=1S/C14H22N2O2/c1-5-14(6-2)9-15-10-7-12(17-3)13(18-4)8-11(10)16-14/h7-8,15-16H,5-6,9H2,1-4H3. The Bertz CT molecular complexity index is 428. The maximum Gasteiger partial charge on any atom is 0.162 e. The van der Waals surface area contributed by atoms with Gasteiger partial charge in [0.1, 0.15) is 0 Å². The van der Waals surface area contributed by atoms with Crippen molar-refractivity contribution in [3.05, 3.63) is 12.1 Å². The first-order valence-corrected chi connectivity index (χ1v) is 6.46. The van der Waals surface area contributed by atoms with Crippen LogP contribution in [0, 0.1) is 0 Å². The molecular weight excluding hydrogens is 228 g/mol. The van der Waals surface area contributed by atoms with Gasteiger partial charge in [-0.15, -0.1) is 0 Å². The van der Waals surface area contributed by atoms with Crippen LogP contribution in [0.3, 0.4) is 0 Å². The summed E-state index contributed by atoms with van der Waals surface area (Å²) in [7, 11) is 3.32. The zero-order valence-electron chi connectivity index (χ0n) is 11.6. The molecule has 1 aromatic carbocycles. The molecule has 0 atom stereocenters. The molecule has 0 aliphatic carbocycles. The zero-order chi connectivity index (χ0) is 13.2. The molecule has 0 saturated heterocycles. The van der Waals surface area contributed by atoms with Crippen LogP contribution in [-0.2, 0) is 0 Å². The molecule has 0 radical (unpaired) electrons. The van der Waals surface area contributed by atoms with Crippen LogP contribution in [0.25, 0.3) is 0 Å². The highest BCUT2D eigenvalue weighted by Gasteiger charge is 2.31. The number of hydrogen-bond acceptors (Lipinski definition) is 4. The van der Waals surface area contributed by atoms with Crippen LogP contribution in [0.2, 0.25) is 0 Å². The fraction of sp³-hybridized carbons (Fsp3) is 0.571. The first kappa shape index (κ1) is 12.9. The maximum absolute atomic E-state index is 5.34. The molecule has 0 unspecified atom stereocenters. The Balaban J connectivity index is 2.38. The molecule has 18 heavy (non-hydrogen) atoms. The lowest BCUT2D eigenvalue weighted by atomic mass is 9.90. The molecule has 2 rings (SSSR count). The van der Waals surface area contributed by atoms with E-state index in [9.17, 15) is 0 Å². The summed E-state index contributed by atoms with van der Waals surface area (Å²) in [5.74, 6) is 1.51. The van der Waals surface area contributed by atoms with Gasteiger partial charge in [0.25, 0.3) is 0 Å². The smallest absolute Gasteiger partial charge is 0.162 e. The van der Waals surface area contributed by atoms with Crippen molar-refractivity contribution in [2.45, 2.75) is 32.2 Å². The van der Waals surface area contributed by atoms with E-state index in [1.807, 2.05) is 12.1 Å². The Labute approximate surface area is 109 Å². The highest BCUT2D eigenvalue weighted by atomic mass is 16.5. The van der Waals surface area contributed by atoms with E-state index in [0.717, 1.165) is 42.3 Å². The van der Waals surface area contributed by atoms with Crippen molar-refractivity contribution in [2.75, 3.05) is 31.4 Å². The van der Waals surface area contributed by atoms with E-state index in [2.05, 4.69) is 24.5 Å². The minimum atomic E-state index is 0.132. The second-order valence-electron chi connectivity index (χ2n) is 4.72. The van der Waals surface area contributed by atoms with E-state index in [0.29, 0.717) is 0 Å². The van der Waals surface area contributed by atoms with Gasteiger partial charge in [-0.25, -0.2) is 0 Å². The predicted molar refractivity (Wildman–Crippen MR) is 75.0 cm³/mol. The number of hydrogen-bond donors (Lipinski definition) is 2. The molecule has 1 aliphatic heterocycles. The van der Waals surface area contributed by atoms with Gasteiger partial charge >= 0.3 is 0 Å².